The predicted octanol–water partition coefficient (Wildman–Crippen LogP) is 0.236. The second-order valence-corrected chi connectivity index (χ2v) is 10.0. The van der Waals surface area contributed by atoms with Gasteiger partial charge in [-0.15, -0.1) is 0 Å². The highest BCUT2D eigenvalue weighted by Gasteiger charge is 2.31. The van der Waals surface area contributed by atoms with E-state index in [0.717, 1.165) is 5.56 Å². The third-order valence-corrected chi connectivity index (χ3v) is 6.15. The molecule has 1 aromatic carbocycles. The quantitative estimate of drug-likeness (QED) is 0.137. The summed E-state index contributed by atoms with van der Waals surface area (Å²) in [6, 6.07) is 5.27. The normalized spacial score (nSPS) is 14.2. The van der Waals surface area contributed by atoms with Crippen molar-refractivity contribution in [3.8, 4) is 0 Å². The SMILES string of the molecule is CC(C)CC(NC(=O)C(CCCCN)NC(=O)C(N)Cc1ccccc1)C(=O)NC(Cc1cnc[nH]1)C(=O)O. The summed E-state index contributed by atoms with van der Waals surface area (Å²) in [5.74, 6) is -2.86. The summed E-state index contributed by atoms with van der Waals surface area (Å²) in [5, 5.41) is 17.6. The zero-order valence-electron chi connectivity index (χ0n) is 22.6. The van der Waals surface area contributed by atoms with Crippen LogP contribution < -0.4 is 27.4 Å². The molecule has 1 aromatic heterocycles. The van der Waals surface area contributed by atoms with Gasteiger partial charge in [0.1, 0.15) is 18.1 Å². The molecule has 0 bridgehead atoms. The zero-order chi connectivity index (χ0) is 28.8. The van der Waals surface area contributed by atoms with E-state index in [1.165, 1.54) is 12.5 Å². The largest absolute Gasteiger partial charge is 0.480 e. The fourth-order valence-corrected chi connectivity index (χ4v) is 4.06. The molecule has 9 N–H and O–H groups in total. The lowest BCUT2D eigenvalue weighted by Gasteiger charge is -2.26. The van der Waals surface area contributed by atoms with E-state index in [-0.39, 0.29) is 18.8 Å². The smallest absolute Gasteiger partial charge is 0.326 e. The molecule has 0 saturated heterocycles. The van der Waals surface area contributed by atoms with Crippen molar-refractivity contribution in [1.29, 1.82) is 0 Å². The number of nitrogens with one attached hydrogen (secondary N) is 4. The molecular weight excluding hydrogens is 502 g/mol. The van der Waals surface area contributed by atoms with Crippen molar-refractivity contribution in [3.63, 3.8) is 0 Å². The fraction of sp³-hybridized carbons (Fsp3) is 0.519. The predicted molar refractivity (Wildman–Crippen MR) is 146 cm³/mol. The molecule has 4 atom stereocenters. The van der Waals surface area contributed by atoms with Crippen LogP contribution in [0.1, 0.15) is 50.8 Å². The molecule has 12 nitrogen and oxygen atoms in total. The van der Waals surface area contributed by atoms with Crippen molar-refractivity contribution in [2.24, 2.45) is 17.4 Å². The molecular formula is C27H41N7O5. The van der Waals surface area contributed by atoms with E-state index in [1.807, 2.05) is 44.2 Å². The first-order chi connectivity index (χ1) is 18.6. The van der Waals surface area contributed by atoms with Crippen LogP contribution in [0.4, 0.5) is 0 Å². The first-order valence-corrected chi connectivity index (χ1v) is 13.2. The molecule has 3 amide bonds. The molecule has 12 heteroatoms. The van der Waals surface area contributed by atoms with E-state index >= 15 is 0 Å². The van der Waals surface area contributed by atoms with Crippen LogP contribution in [0.25, 0.3) is 0 Å². The summed E-state index contributed by atoms with van der Waals surface area (Å²) in [5.41, 5.74) is 13.2. The first-order valence-electron chi connectivity index (χ1n) is 13.2. The third-order valence-electron chi connectivity index (χ3n) is 6.15. The van der Waals surface area contributed by atoms with E-state index in [4.69, 9.17) is 11.5 Å². The van der Waals surface area contributed by atoms with Crippen LogP contribution in [-0.2, 0) is 32.0 Å². The van der Waals surface area contributed by atoms with Gasteiger partial charge in [-0.3, -0.25) is 14.4 Å². The number of carboxylic acid groups (broad SMARTS) is 1. The van der Waals surface area contributed by atoms with Gasteiger partial charge in [0.25, 0.3) is 0 Å². The van der Waals surface area contributed by atoms with E-state index in [1.54, 1.807) is 0 Å². The molecule has 0 fully saturated rings. The highest BCUT2D eigenvalue weighted by atomic mass is 16.4. The Morgan fingerprint density at radius 3 is 2.15 bits per heavy atom. The standard InChI is InChI=1S/C27H41N7O5/c1-17(2)12-22(26(37)34-23(27(38)39)14-19-15-30-16-31-19)33-25(36)21(10-6-7-11-28)32-24(35)20(29)13-18-8-4-3-5-9-18/h3-5,8-9,15-17,20-23H,6-7,10-14,28-29H2,1-2H3,(H,30,31)(H,32,35)(H,33,36)(H,34,37)(H,38,39). The second kappa shape index (κ2) is 16.2. The monoisotopic (exact) mass is 543 g/mol. The van der Waals surface area contributed by atoms with Crippen molar-refractivity contribution in [2.75, 3.05) is 6.54 Å². The number of carboxylic acids is 1. The minimum absolute atomic E-state index is 0.000488. The number of nitrogens with two attached hydrogens (primary N) is 2. The van der Waals surface area contributed by atoms with E-state index < -0.39 is 47.9 Å². The average Bonchev–Trinajstić information content (AvgIpc) is 3.40. The highest BCUT2D eigenvalue weighted by Crippen LogP contribution is 2.10. The van der Waals surface area contributed by atoms with Gasteiger partial charge in [-0.05, 0) is 50.1 Å². The first kappa shape index (κ1) is 31.4. The van der Waals surface area contributed by atoms with E-state index in [2.05, 4.69) is 25.9 Å². The minimum atomic E-state index is -1.22. The van der Waals surface area contributed by atoms with Gasteiger partial charge in [-0.2, -0.15) is 0 Å². The molecule has 39 heavy (non-hydrogen) atoms. The van der Waals surface area contributed by atoms with Crippen molar-refractivity contribution in [1.82, 2.24) is 25.9 Å². The molecule has 0 aliphatic rings. The Hall–Kier alpha value is -3.77. The lowest BCUT2D eigenvalue weighted by Crippen LogP contribution is -2.57. The fourth-order valence-electron chi connectivity index (χ4n) is 4.06. The van der Waals surface area contributed by atoms with Crippen LogP contribution in [0.2, 0.25) is 0 Å². The number of hydrogen-bond acceptors (Lipinski definition) is 7. The number of carbonyl (C=O) groups excluding carboxylic acids is 3. The van der Waals surface area contributed by atoms with Gasteiger partial charge in [-0.25, -0.2) is 9.78 Å². The van der Waals surface area contributed by atoms with Crippen LogP contribution in [0.3, 0.4) is 0 Å². The number of unbranched alkanes of at least 4 members (excludes halogenated alkanes) is 1. The maximum absolute atomic E-state index is 13.3. The van der Waals surface area contributed by atoms with Gasteiger partial charge in [0.05, 0.1) is 12.4 Å². The maximum Gasteiger partial charge on any atom is 0.326 e. The summed E-state index contributed by atoms with van der Waals surface area (Å²) >= 11 is 0. The van der Waals surface area contributed by atoms with Crippen molar-refractivity contribution >= 4 is 23.7 Å². The van der Waals surface area contributed by atoms with Crippen molar-refractivity contribution in [2.45, 2.75) is 76.5 Å². The summed E-state index contributed by atoms with van der Waals surface area (Å²) in [6.07, 6.45) is 5.00. The second-order valence-electron chi connectivity index (χ2n) is 10.0. The molecule has 0 aliphatic carbocycles. The van der Waals surface area contributed by atoms with Gasteiger partial charge < -0.3 is 37.5 Å². The number of imidazole rings is 1. The minimum Gasteiger partial charge on any atom is -0.480 e. The number of rotatable bonds is 17. The maximum atomic E-state index is 13.3. The van der Waals surface area contributed by atoms with Crippen LogP contribution >= 0.6 is 0 Å². The van der Waals surface area contributed by atoms with Crippen LogP contribution in [0.5, 0.6) is 0 Å². The van der Waals surface area contributed by atoms with Gasteiger partial charge in [0.15, 0.2) is 0 Å². The number of nitrogens with zero attached hydrogens (tertiary/aromatic N) is 1. The number of carbonyl (C=O) groups is 4. The van der Waals surface area contributed by atoms with Crippen LogP contribution in [0.15, 0.2) is 42.9 Å². The number of H-pyrrole nitrogens is 1. The Morgan fingerprint density at radius 1 is 0.923 bits per heavy atom. The van der Waals surface area contributed by atoms with Crippen molar-refractivity contribution < 1.29 is 24.3 Å². The number of aromatic amines is 1. The third kappa shape index (κ3) is 11.2. The van der Waals surface area contributed by atoms with Gasteiger partial charge >= 0.3 is 5.97 Å². The average molecular weight is 544 g/mol. The summed E-state index contributed by atoms with van der Waals surface area (Å²) in [7, 11) is 0. The van der Waals surface area contributed by atoms with Crippen LogP contribution in [0, 0.1) is 5.92 Å². The Kier molecular flexibility index (Phi) is 13.1. The van der Waals surface area contributed by atoms with E-state index in [9.17, 15) is 24.3 Å². The zero-order valence-corrected chi connectivity index (χ0v) is 22.6. The van der Waals surface area contributed by atoms with Crippen molar-refractivity contribution in [3.05, 3.63) is 54.1 Å². The summed E-state index contributed by atoms with van der Waals surface area (Å²) in [4.78, 5) is 57.8. The molecule has 214 valence electrons. The molecule has 2 aromatic rings. The Bertz CT molecular complexity index is 1050. The molecule has 4 unspecified atom stereocenters. The summed E-state index contributed by atoms with van der Waals surface area (Å²) < 4.78 is 0. The van der Waals surface area contributed by atoms with Gasteiger partial charge in [0, 0.05) is 18.3 Å². The molecule has 2 rings (SSSR count). The number of amides is 3. The Labute approximate surface area is 228 Å². The number of benzene rings is 1. The highest BCUT2D eigenvalue weighted by molar-refractivity contribution is 5.94. The van der Waals surface area contributed by atoms with Crippen LogP contribution in [-0.4, -0.2) is 69.5 Å². The summed E-state index contributed by atoms with van der Waals surface area (Å²) in [6.45, 7) is 4.20. The molecule has 0 radical (unpaired) electrons. The lowest BCUT2D eigenvalue weighted by atomic mass is 10.0. The molecule has 0 spiro atoms. The molecule has 0 saturated carbocycles. The number of aromatic nitrogens is 2. The van der Waals surface area contributed by atoms with E-state index in [0.29, 0.717) is 37.9 Å². The number of aliphatic carboxylic acids is 1. The Morgan fingerprint density at radius 2 is 1.56 bits per heavy atom. The topological polar surface area (TPSA) is 205 Å². The van der Waals surface area contributed by atoms with Gasteiger partial charge in [-0.1, -0.05) is 44.2 Å². The Balaban J connectivity index is 2.11. The molecule has 0 aliphatic heterocycles. The van der Waals surface area contributed by atoms with Gasteiger partial charge in [0.2, 0.25) is 17.7 Å². The lowest BCUT2D eigenvalue weighted by molar-refractivity contribution is -0.142. The molecule has 1 heterocycles. The number of hydrogen-bond donors (Lipinski definition) is 7.